The monoisotopic (exact) mass is 397 g/mol. The number of likely N-dealkylation sites (tertiary alicyclic amines) is 1. The second kappa shape index (κ2) is 9.11. The number of hydrogen-bond acceptors (Lipinski definition) is 6. The molecule has 6 nitrogen and oxygen atoms in total. The van der Waals surface area contributed by atoms with Crippen molar-refractivity contribution in [2.75, 3.05) is 39.3 Å². The van der Waals surface area contributed by atoms with Crippen LogP contribution in [0.5, 0.6) is 5.75 Å². The number of benzene rings is 1. The molecule has 0 saturated carbocycles. The summed E-state index contributed by atoms with van der Waals surface area (Å²) in [5.74, 6) is 0.818. The molecular formula is C23H31N3O3. The van der Waals surface area contributed by atoms with Gasteiger partial charge < -0.3 is 9.52 Å². The lowest BCUT2D eigenvalue weighted by Gasteiger charge is -2.34. The topological polar surface area (TPSA) is 60.2 Å². The smallest absolute Gasteiger partial charge is 0.227 e. The molecule has 0 spiro atoms. The fraction of sp³-hybridized carbons (Fsp3) is 0.522. The van der Waals surface area contributed by atoms with E-state index < -0.39 is 0 Å². The van der Waals surface area contributed by atoms with E-state index in [1.54, 1.807) is 0 Å². The molecule has 0 bridgehead atoms. The maximum atomic E-state index is 12.2. The standard InChI is InChI=1S/C23H31N3O3/c1-18-4-6-19(7-5-18)15-25-10-12-26(13-11-25)17-22-23(28)21(27)14-20(29-22)16-24-8-2-3-9-24/h4-7,14,28H,2-3,8-13,15-17H2,1H3. The first-order valence-corrected chi connectivity index (χ1v) is 10.6. The van der Waals surface area contributed by atoms with Gasteiger partial charge in [0.1, 0.15) is 5.76 Å². The Morgan fingerprint density at radius 1 is 0.862 bits per heavy atom. The van der Waals surface area contributed by atoms with E-state index in [0.29, 0.717) is 24.6 Å². The molecule has 1 N–H and O–H groups in total. The molecule has 2 saturated heterocycles. The Bertz CT molecular complexity index is 864. The lowest BCUT2D eigenvalue weighted by Crippen LogP contribution is -2.45. The zero-order valence-electron chi connectivity index (χ0n) is 17.3. The minimum Gasteiger partial charge on any atom is -0.502 e. The normalized spacial score (nSPS) is 19.1. The van der Waals surface area contributed by atoms with Crippen molar-refractivity contribution in [2.45, 2.75) is 39.4 Å². The summed E-state index contributed by atoms with van der Waals surface area (Å²) < 4.78 is 5.94. The van der Waals surface area contributed by atoms with Crippen LogP contribution in [0.3, 0.4) is 0 Å². The SMILES string of the molecule is Cc1ccc(CN2CCN(Cc3oc(CN4CCCC4)cc(=O)c3O)CC2)cc1. The Hall–Kier alpha value is -2.15. The van der Waals surface area contributed by atoms with Gasteiger partial charge in [0.25, 0.3) is 0 Å². The highest BCUT2D eigenvalue weighted by Crippen LogP contribution is 2.20. The number of nitrogens with zero attached hydrogens (tertiary/aromatic N) is 3. The maximum Gasteiger partial charge on any atom is 0.227 e. The van der Waals surface area contributed by atoms with Gasteiger partial charge in [0, 0.05) is 38.8 Å². The van der Waals surface area contributed by atoms with Crippen molar-refractivity contribution in [1.82, 2.24) is 14.7 Å². The highest BCUT2D eigenvalue weighted by atomic mass is 16.4. The summed E-state index contributed by atoms with van der Waals surface area (Å²) in [4.78, 5) is 19.2. The Morgan fingerprint density at radius 3 is 2.10 bits per heavy atom. The summed E-state index contributed by atoms with van der Waals surface area (Å²) in [6, 6.07) is 10.1. The van der Waals surface area contributed by atoms with Crippen LogP contribution in [-0.4, -0.2) is 59.1 Å². The van der Waals surface area contributed by atoms with E-state index in [2.05, 4.69) is 45.9 Å². The minimum atomic E-state index is -0.335. The summed E-state index contributed by atoms with van der Waals surface area (Å²) in [5, 5.41) is 10.2. The van der Waals surface area contributed by atoms with Crippen molar-refractivity contribution < 1.29 is 9.52 Å². The first-order chi connectivity index (χ1) is 14.1. The van der Waals surface area contributed by atoms with Crippen molar-refractivity contribution >= 4 is 0 Å². The number of piperazine rings is 1. The summed E-state index contributed by atoms with van der Waals surface area (Å²) >= 11 is 0. The molecule has 29 heavy (non-hydrogen) atoms. The molecule has 2 fully saturated rings. The molecule has 1 aromatic carbocycles. The van der Waals surface area contributed by atoms with E-state index in [1.807, 2.05) is 0 Å². The fourth-order valence-corrected chi connectivity index (χ4v) is 4.19. The van der Waals surface area contributed by atoms with Crippen LogP contribution in [0.2, 0.25) is 0 Å². The predicted octanol–water partition coefficient (Wildman–Crippen LogP) is 2.57. The van der Waals surface area contributed by atoms with E-state index in [1.165, 1.54) is 30.0 Å². The highest BCUT2D eigenvalue weighted by Gasteiger charge is 2.21. The van der Waals surface area contributed by atoms with Crippen LogP contribution >= 0.6 is 0 Å². The third-order valence-corrected chi connectivity index (χ3v) is 5.98. The molecule has 2 aromatic rings. The number of aromatic hydroxyl groups is 1. The lowest BCUT2D eigenvalue weighted by molar-refractivity contribution is 0.113. The summed E-state index contributed by atoms with van der Waals surface area (Å²) in [6.07, 6.45) is 2.39. The molecule has 1 aromatic heterocycles. The van der Waals surface area contributed by atoms with Crippen molar-refractivity contribution in [1.29, 1.82) is 0 Å². The van der Waals surface area contributed by atoms with E-state index in [-0.39, 0.29) is 11.2 Å². The maximum absolute atomic E-state index is 12.2. The largest absolute Gasteiger partial charge is 0.502 e. The van der Waals surface area contributed by atoms with E-state index in [0.717, 1.165) is 45.8 Å². The van der Waals surface area contributed by atoms with Crippen molar-refractivity contribution in [3.05, 3.63) is 63.2 Å². The Balaban J connectivity index is 1.34. The van der Waals surface area contributed by atoms with Crippen LogP contribution in [0.25, 0.3) is 0 Å². The van der Waals surface area contributed by atoms with Crippen LogP contribution in [0, 0.1) is 6.92 Å². The van der Waals surface area contributed by atoms with Crippen LogP contribution in [0.15, 0.2) is 39.5 Å². The first kappa shape index (κ1) is 20.1. The molecule has 156 valence electrons. The van der Waals surface area contributed by atoms with Gasteiger partial charge in [-0.25, -0.2) is 0 Å². The quantitative estimate of drug-likeness (QED) is 0.809. The van der Waals surface area contributed by atoms with Gasteiger partial charge in [-0.05, 0) is 38.4 Å². The van der Waals surface area contributed by atoms with Gasteiger partial charge >= 0.3 is 0 Å². The van der Waals surface area contributed by atoms with Crippen molar-refractivity contribution in [3.8, 4) is 5.75 Å². The summed E-state index contributed by atoms with van der Waals surface area (Å²) in [6.45, 7) is 10.00. The van der Waals surface area contributed by atoms with Gasteiger partial charge in [-0.15, -0.1) is 0 Å². The van der Waals surface area contributed by atoms with Crippen LogP contribution in [0.1, 0.15) is 35.5 Å². The molecule has 0 amide bonds. The predicted molar refractivity (Wildman–Crippen MR) is 113 cm³/mol. The zero-order chi connectivity index (χ0) is 20.2. The number of aryl methyl sites for hydroxylation is 1. The van der Waals surface area contributed by atoms with Gasteiger partial charge in [-0.3, -0.25) is 19.5 Å². The molecular weight excluding hydrogens is 366 g/mol. The number of rotatable bonds is 6. The van der Waals surface area contributed by atoms with Crippen LogP contribution < -0.4 is 5.43 Å². The Labute approximate surface area is 172 Å². The molecule has 0 aliphatic carbocycles. The molecule has 0 atom stereocenters. The summed E-state index contributed by atoms with van der Waals surface area (Å²) in [5.41, 5.74) is 2.28. The fourth-order valence-electron chi connectivity index (χ4n) is 4.19. The van der Waals surface area contributed by atoms with Crippen molar-refractivity contribution in [3.63, 3.8) is 0 Å². The van der Waals surface area contributed by atoms with E-state index in [4.69, 9.17) is 4.42 Å². The van der Waals surface area contributed by atoms with Crippen LogP contribution in [0.4, 0.5) is 0 Å². The van der Waals surface area contributed by atoms with Gasteiger partial charge in [0.05, 0.1) is 13.1 Å². The second-order valence-corrected chi connectivity index (χ2v) is 8.37. The van der Waals surface area contributed by atoms with Crippen molar-refractivity contribution in [2.24, 2.45) is 0 Å². The Kier molecular flexibility index (Phi) is 6.33. The minimum absolute atomic E-state index is 0.239. The molecule has 0 unspecified atom stereocenters. The molecule has 3 heterocycles. The van der Waals surface area contributed by atoms with Gasteiger partial charge in [-0.2, -0.15) is 0 Å². The molecule has 4 rings (SSSR count). The molecule has 2 aliphatic rings. The lowest BCUT2D eigenvalue weighted by atomic mass is 10.1. The zero-order valence-corrected chi connectivity index (χ0v) is 17.3. The summed E-state index contributed by atoms with van der Waals surface area (Å²) in [7, 11) is 0. The van der Waals surface area contributed by atoms with E-state index in [9.17, 15) is 9.90 Å². The van der Waals surface area contributed by atoms with E-state index >= 15 is 0 Å². The van der Waals surface area contributed by atoms with Gasteiger partial charge in [0.15, 0.2) is 5.76 Å². The third kappa shape index (κ3) is 5.26. The Morgan fingerprint density at radius 2 is 1.45 bits per heavy atom. The third-order valence-electron chi connectivity index (χ3n) is 5.98. The number of hydrogen-bond donors (Lipinski definition) is 1. The van der Waals surface area contributed by atoms with Crippen LogP contribution in [-0.2, 0) is 19.6 Å². The average molecular weight is 398 g/mol. The molecule has 2 aliphatic heterocycles. The second-order valence-electron chi connectivity index (χ2n) is 8.37. The average Bonchev–Trinajstić information content (AvgIpc) is 3.22. The molecule has 6 heteroatoms. The first-order valence-electron chi connectivity index (χ1n) is 10.6. The highest BCUT2D eigenvalue weighted by molar-refractivity contribution is 5.25. The molecule has 0 radical (unpaired) electrons. The van der Waals surface area contributed by atoms with Gasteiger partial charge in [-0.1, -0.05) is 29.8 Å². The van der Waals surface area contributed by atoms with Gasteiger partial charge in [0.2, 0.25) is 11.2 Å².